The van der Waals surface area contributed by atoms with Crippen LogP contribution in [0.3, 0.4) is 0 Å². The summed E-state index contributed by atoms with van der Waals surface area (Å²) in [6, 6.07) is 9.67. The van der Waals surface area contributed by atoms with Crippen LogP contribution in [0.2, 0.25) is 0 Å². The van der Waals surface area contributed by atoms with Gasteiger partial charge in [0, 0.05) is 5.39 Å². The van der Waals surface area contributed by atoms with Crippen LogP contribution in [0.5, 0.6) is 0 Å². The number of rotatable bonds is 4. The molecule has 1 aliphatic rings. The molecule has 1 aromatic carbocycles. The highest BCUT2D eigenvalue weighted by Gasteiger charge is 2.41. The molecule has 1 aromatic heterocycles. The lowest BCUT2D eigenvalue weighted by Crippen LogP contribution is -2.48. The van der Waals surface area contributed by atoms with Crippen LogP contribution in [0.1, 0.15) is 45.1 Å². The summed E-state index contributed by atoms with van der Waals surface area (Å²) >= 11 is 0. The van der Waals surface area contributed by atoms with Gasteiger partial charge in [-0.15, -0.1) is 0 Å². The smallest absolute Gasteiger partial charge is 0.162 e. The minimum absolute atomic E-state index is 0.0135. The lowest BCUT2D eigenvalue weighted by atomic mass is 9.83. The highest BCUT2D eigenvalue weighted by Crippen LogP contribution is 2.32. The van der Waals surface area contributed by atoms with E-state index in [0.717, 1.165) is 16.5 Å². The standard InChI is InChI=1S/C21H25NO4/c1-14(23)18-8-7-17-6-5-16(11-19(17)22-18)9-10-21(15(2)24)12-25-20(3,4)26-13-21/h5-11,14,23H,12-13H2,1-4H3. The van der Waals surface area contributed by atoms with Gasteiger partial charge < -0.3 is 14.6 Å². The van der Waals surface area contributed by atoms with E-state index in [0.29, 0.717) is 18.9 Å². The Kier molecular flexibility index (Phi) is 4.97. The summed E-state index contributed by atoms with van der Waals surface area (Å²) in [5.74, 6) is -0.656. The van der Waals surface area contributed by atoms with Gasteiger partial charge in [0.15, 0.2) is 5.79 Å². The second-order valence-corrected chi connectivity index (χ2v) is 7.39. The van der Waals surface area contributed by atoms with Crippen LogP contribution in [-0.2, 0) is 14.3 Å². The third-order valence-electron chi connectivity index (χ3n) is 4.82. The molecule has 0 aliphatic carbocycles. The van der Waals surface area contributed by atoms with E-state index in [4.69, 9.17) is 9.47 Å². The van der Waals surface area contributed by atoms with Gasteiger partial charge in [0.05, 0.1) is 35.9 Å². The molecule has 0 saturated carbocycles. The summed E-state index contributed by atoms with van der Waals surface area (Å²) in [4.78, 5) is 16.7. The first-order valence-corrected chi connectivity index (χ1v) is 8.78. The molecular weight excluding hydrogens is 330 g/mol. The van der Waals surface area contributed by atoms with Crippen molar-refractivity contribution in [3.05, 3.63) is 47.7 Å². The molecule has 0 radical (unpaired) electrons. The van der Waals surface area contributed by atoms with Gasteiger partial charge in [-0.05, 0) is 45.4 Å². The van der Waals surface area contributed by atoms with E-state index in [9.17, 15) is 9.90 Å². The first kappa shape index (κ1) is 18.7. The fraction of sp³-hybridized carbons (Fsp3) is 0.429. The molecule has 5 heteroatoms. The highest BCUT2D eigenvalue weighted by molar-refractivity contribution is 5.86. The first-order valence-electron chi connectivity index (χ1n) is 8.78. The predicted molar refractivity (Wildman–Crippen MR) is 101 cm³/mol. The number of Topliss-reactive ketones (excluding diaryl/α,β-unsaturated/α-hetero) is 1. The van der Waals surface area contributed by atoms with Crippen molar-refractivity contribution in [2.24, 2.45) is 5.41 Å². The summed E-state index contributed by atoms with van der Waals surface area (Å²) in [5.41, 5.74) is 1.59. The summed E-state index contributed by atoms with van der Waals surface area (Å²) in [6.45, 7) is 7.53. The first-order chi connectivity index (χ1) is 12.2. The van der Waals surface area contributed by atoms with Gasteiger partial charge in [-0.3, -0.25) is 9.78 Å². The van der Waals surface area contributed by atoms with Crippen molar-refractivity contribution in [3.8, 4) is 0 Å². The van der Waals surface area contributed by atoms with E-state index in [1.165, 1.54) is 0 Å². The lowest BCUT2D eigenvalue weighted by Gasteiger charge is -2.40. The molecule has 1 fully saturated rings. The number of ether oxygens (including phenoxy) is 2. The largest absolute Gasteiger partial charge is 0.387 e. The lowest BCUT2D eigenvalue weighted by molar-refractivity contribution is -0.271. The van der Waals surface area contributed by atoms with Gasteiger partial charge in [0.25, 0.3) is 0 Å². The molecule has 138 valence electrons. The van der Waals surface area contributed by atoms with Crippen LogP contribution in [0, 0.1) is 5.41 Å². The zero-order chi connectivity index (χ0) is 18.9. The van der Waals surface area contributed by atoms with Gasteiger partial charge in [-0.1, -0.05) is 30.4 Å². The topological polar surface area (TPSA) is 68.7 Å². The Bertz CT molecular complexity index is 844. The number of fused-ring (bicyclic) bond motifs is 1. The van der Waals surface area contributed by atoms with Crippen LogP contribution in [0.25, 0.3) is 17.0 Å². The van der Waals surface area contributed by atoms with Crippen LogP contribution in [0.4, 0.5) is 0 Å². The van der Waals surface area contributed by atoms with Gasteiger partial charge in [0.2, 0.25) is 0 Å². The molecule has 26 heavy (non-hydrogen) atoms. The van der Waals surface area contributed by atoms with E-state index in [1.54, 1.807) is 13.8 Å². The Morgan fingerprint density at radius 1 is 1.23 bits per heavy atom. The zero-order valence-electron chi connectivity index (χ0n) is 15.7. The van der Waals surface area contributed by atoms with Gasteiger partial charge >= 0.3 is 0 Å². The number of aliphatic hydroxyl groups excluding tert-OH is 1. The minimum Gasteiger partial charge on any atom is -0.387 e. The van der Waals surface area contributed by atoms with Crippen molar-refractivity contribution in [3.63, 3.8) is 0 Å². The van der Waals surface area contributed by atoms with E-state index in [2.05, 4.69) is 4.98 Å². The Morgan fingerprint density at radius 3 is 2.50 bits per heavy atom. The van der Waals surface area contributed by atoms with Crippen molar-refractivity contribution < 1.29 is 19.4 Å². The SMILES string of the molecule is CC(=O)C1(C=Cc2ccc3ccc(C(C)O)nc3c2)COC(C)(C)OC1. The number of nitrogens with zero attached hydrogens (tertiary/aromatic N) is 1. The van der Waals surface area contributed by atoms with Crippen LogP contribution >= 0.6 is 0 Å². The Balaban J connectivity index is 1.89. The van der Waals surface area contributed by atoms with Crippen molar-refractivity contribution in [1.82, 2.24) is 4.98 Å². The molecule has 1 saturated heterocycles. The predicted octanol–water partition coefficient (Wildman–Crippen LogP) is 3.66. The zero-order valence-corrected chi connectivity index (χ0v) is 15.7. The second-order valence-electron chi connectivity index (χ2n) is 7.39. The van der Waals surface area contributed by atoms with Gasteiger partial charge in [-0.25, -0.2) is 0 Å². The summed E-state index contributed by atoms with van der Waals surface area (Å²) in [6.07, 6.45) is 3.16. The molecule has 2 aromatic rings. The maximum absolute atomic E-state index is 12.2. The maximum Gasteiger partial charge on any atom is 0.162 e. The Labute approximate surface area is 153 Å². The van der Waals surface area contributed by atoms with Crippen LogP contribution in [-0.4, -0.2) is 34.9 Å². The maximum atomic E-state index is 12.2. The quantitative estimate of drug-likeness (QED) is 0.906. The average Bonchev–Trinajstić information content (AvgIpc) is 2.60. The molecule has 0 spiro atoms. The van der Waals surface area contributed by atoms with Crippen molar-refractivity contribution >= 4 is 22.8 Å². The third-order valence-corrected chi connectivity index (χ3v) is 4.82. The summed E-state index contributed by atoms with van der Waals surface area (Å²) in [7, 11) is 0. The number of benzene rings is 1. The number of hydrogen-bond acceptors (Lipinski definition) is 5. The summed E-state index contributed by atoms with van der Waals surface area (Å²) < 4.78 is 11.4. The van der Waals surface area contributed by atoms with E-state index in [1.807, 2.05) is 56.3 Å². The third kappa shape index (κ3) is 3.85. The van der Waals surface area contributed by atoms with Gasteiger partial charge in [-0.2, -0.15) is 0 Å². The fourth-order valence-electron chi connectivity index (χ4n) is 2.85. The molecule has 1 unspecified atom stereocenters. The number of ketones is 1. The molecule has 2 heterocycles. The van der Waals surface area contributed by atoms with E-state index in [-0.39, 0.29) is 5.78 Å². The molecule has 0 amide bonds. The molecule has 1 N–H and O–H groups in total. The van der Waals surface area contributed by atoms with E-state index >= 15 is 0 Å². The fourth-order valence-corrected chi connectivity index (χ4v) is 2.85. The molecule has 1 aliphatic heterocycles. The van der Waals surface area contributed by atoms with Crippen LogP contribution in [0.15, 0.2) is 36.4 Å². The highest BCUT2D eigenvalue weighted by atomic mass is 16.7. The molecular formula is C21H25NO4. The molecule has 1 atom stereocenters. The number of hydrogen-bond donors (Lipinski definition) is 1. The second kappa shape index (κ2) is 6.91. The van der Waals surface area contributed by atoms with Gasteiger partial charge in [0.1, 0.15) is 5.78 Å². The minimum atomic E-state index is -0.778. The number of carbonyl (C=O) groups excluding carboxylic acids is 1. The Morgan fingerprint density at radius 2 is 1.88 bits per heavy atom. The normalized spacial score (nSPS) is 20.3. The van der Waals surface area contributed by atoms with Crippen molar-refractivity contribution in [2.75, 3.05) is 13.2 Å². The number of aromatic nitrogens is 1. The average molecular weight is 355 g/mol. The van der Waals surface area contributed by atoms with Crippen molar-refractivity contribution in [2.45, 2.75) is 39.6 Å². The number of pyridine rings is 1. The molecule has 5 nitrogen and oxygen atoms in total. The van der Waals surface area contributed by atoms with Crippen LogP contribution < -0.4 is 0 Å². The van der Waals surface area contributed by atoms with E-state index < -0.39 is 17.3 Å². The van der Waals surface area contributed by atoms with Crippen molar-refractivity contribution in [1.29, 1.82) is 0 Å². The molecule has 0 bridgehead atoms. The number of aliphatic hydroxyl groups is 1. The monoisotopic (exact) mass is 355 g/mol. The Hall–Kier alpha value is -2.08. The number of carbonyl (C=O) groups is 1. The summed E-state index contributed by atoms with van der Waals surface area (Å²) in [5, 5.41) is 10.7. The molecule has 3 rings (SSSR count).